The van der Waals surface area contributed by atoms with Gasteiger partial charge in [0, 0.05) is 49.3 Å². The molecular formula is C33H34N4O2. The maximum atomic E-state index is 13.4. The maximum absolute atomic E-state index is 13.4. The van der Waals surface area contributed by atoms with Gasteiger partial charge in [-0.15, -0.1) is 0 Å². The number of carbonyl (C=O) groups is 2. The molecule has 0 radical (unpaired) electrons. The number of amides is 2. The summed E-state index contributed by atoms with van der Waals surface area (Å²) < 4.78 is 0. The smallest absolute Gasteiger partial charge is 0.253 e. The molecule has 0 saturated carbocycles. The first kappa shape index (κ1) is 25.1. The van der Waals surface area contributed by atoms with Gasteiger partial charge in [-0.3, -0.25) is 9.59 Å². The summed E-state index contributed by atoms with van der Waals surface area (Å²) in [6.07, 6.45) is 3.32. The summed E-state index contributed by atoms with van der Waals surface area (Å²) in [4.78, 5) is 35.0. The minimum absolute atomic E-state index is 0.000695. The van der Waals surface area contributed by atoms with Crippen LogP contribution in [-0.4, -0.2) is 40.5 Å². The van der Waals surface area contributed by atoms with E-state index in [-0.39, 0.29) is 11.8 Å². The average molecular weight is 519 g/mol. The number of likely N-dealkylation sites (tertiary alicyclic amines) is 1. The second kappa shape index (κ2) is 10.2. The number of nitrogens with two attached hydrogens (primary N) is 1. The fourth-order valence-electron chi connectivity index (χ4n) is 5.89. The van der Waals surface area contributed by atoms with Crippen LogP contribution in [0.15, 0.2) is 77.3 Å². The molecule has 198 valence electrons. The van der Waals surface area contributed by atoms with Crippen LogP contribution in [0.4, 0.5) is 5.69 Å². The monoisotopic (exact) mass is 518 g/mol. The van der Waals surface area contributed by atoms with Crippen molar-refractivity contribution in [3.63, 3.8) is 0 Å². The van der Waals surface area contributed by atoms with Gasteiger partial charge in [0.25, 0.3) is 11.8 Å². The summed E-state index contributed by atoms with van der Waals surface area (Å²) in [5.41, 5.74) is 13.7. The minimum Gasteiger partial charge on any atom is -0.387 e. The molecule has 3 aromatic rings. The van der Waals surface area contributed by atoms with E-state index in [2.05, 4.69) is 31.0 Å². The van der Waals surface area contributed by atoms with E-state index < -0.39 is 0 Å². The van der Waals surface area contributed by atoms with E-state index in [4.69, 9.17) is 5.73 Å². The zero-order chi connectivity index (χ0) is 27.1. The molecule has 0 bridgehead atoms. The standard InChI is InChI=1S/C33H34N4O2/c1-21(2)26-13-14-36(18-26)32(38)23-9-7-22(8-10-23)24-11-12-25-15-29(17-31(34)35-30(25)16-24)33(39)37-19-27-5-3-4-6-28(27)20-37/h3-12,15-16,21,26H,13-14,17-20H2,1-2H3,(H2,34,35). The van der Waals surface area contributed by atoms with Crippen molar-refractivity contribution >= 4 is 29.4 Å². The summed E-state index contributed by atoms with van der Waals surface area (Å²) in [7, 11) is 0. The third-order valence-corrected chi connectivity index (χ3v) is 8.32. The molecule has 1 atom stereocenters. The Morgan fingerprint density at radius 2 is 1.59 bits per heavy atom. The number of nitrogens with zero attached hydrogens (tertiary/aromatic N) is 3. The van der Waals surface area contributed by atoms with Crippen molar-refractivity contribution in [2.75, 3.05) is 13.1 Å². The Morgan fingerprint density at radius 1 is 0.897 bits per heavy atom. The predicted octanol–water partition coefficient (Wildman–Crippen LogP) is 5.79. The molecule has 2 amide bonds. The Morgan fingerprint density at radius 3 is 2.26 bits per heavy atom. The van der Waals surface area contributed by atoms with Crippen LogP contribution in [0, 0.1) is 11.8 Å². The van der Waals surface area contributed by atoms with E-state index in [1.807, 2.05) is 70.5 Å². The molecule has 2 N–H and O–H groups in total. The van der Waals surface area contributed by atoms with Gasteiger partial charge in [0.05, 0.1) is 5.69 Å². The van der Waals surface area contributed by atoms with Gasteiger partial charge < -0.3 is 15.5 Å². The lowest BCUT2D eigenvalue weighted by atomic mass is 9.95. The largest absolute Gasteiger partial charge is 0.387 e. The quantitative estimate of drug-likeness (QED) is 0.475. The third kappa shape index (κ3) is 4.99. The molecule has 39 heavy (non-hydrogen) atoms. The van der Waals surface area contributed by atoms with Crippen molar-refractivity contribution in [3.8, 4) is 11.1 Å². The lowest BCUT2D eigenvalue weighted by Crippen LogP contribution is -2.29. The van der Waals surface area contributed by atoms with Crippen molar-refractivity contribution in [2.45, 2.75) is 39.8 Å². The average Bonchev–Trinajstić information content (AvgIpc) is 3.57. The SMILES string of the molecule is CC(C)C1CCN(C(=O)c2ccc(-c3ccc4c(c3)N=C(N)CC(C(=O)N3Cc5ccccc5C3)=C4)cc2)C1. The zero-order valence-corrected chi connectivity index (χ0v) is 22.6. The molecule has 0 spiro atoms. The van der Waals surface area contributed by atoms with Crippen LogP contribution in [0.3, 0.4) is 0 Å². The van der Waals surface area contributed by atoms with Gasteiger partial charge in [0.1, 0.15) is 5.84 Å². The number of benzene rings is 3. The van der Waals surface area contributed by atoms with Crippen molar-refractivity contribution in [1.82, 2.24) is 9.80 Å². The van der Waals surface area contributed by atoms with E-state index in [1.165, 1.54) is 11.1 Å². The highest BCUT2D eigenvalue weighted by Crippen LogP contribution is 2.33. The summed E-state index contributed by atoms with van der Waals surface area (Å²) in [5.74, 6) is 1.70. The second-order valence-electron chi connectivity index (χ2n) is 11.3. The molecule has 6 nitrogen and oxygen atoms in total. The Kier molecular flexibility index (Phi) is 6.55. The van der Waals surface area contributed by atoms with Crippen LogP contribution >= 0.6 is 0 Å². The van der Waals surface area contributed by atoms with Crippen LogP contribution in [0.1, 0.15) is 53.7 Å². The Labute approximate surface area is 229 Å². The lowest BCUT2D eigenvalue weighted by molar-refractivity contribution is -0.127. The Hall–Kier alpha value is -4.19. The molecule has 3 aliphatic heterocycles. The van der Waals surface area contributed by atoms with Gasteiger partial charge in [0.2, 0.25) is 0 Å². The number of hydrogen-bond acceptors (Lipinski definition) is 4. The van der Waals surface area contributed by atoms with Crippen LogP contribution in [0.2, 0.25) is 0 Å². The Bertz CT molecular complexity index is 1480. The zero-order valence-electron chi connectivity index (χ0n) is 22.6. The number of fused-ring (bicyclic) bond motifs is 2. The molecular weight excluding hydrogens is 484 g/mol. The summed E-state index contributed by atoms with van der Waals surface area (Å²) in [6.45, 7) is 7.36. The molecule has 0 aromatic heterocycles. The fraction of sp³-hybridized carbons (Fsp3) is 0.303. The highest BCUT2D eigenvalue weighted by molar-refractivity contribution is 6.05. The highest BCUT2D eigenvalue weighted by Gasteiger charge is 2.29. The summed E-state index contributed by atoms with van der Waals surface area (Å²) in [5, 5.41) is 0. The van der Waals surface area contributed by atoms with Gasteiger partial charge in [-0.1, -0.05) is 62.4 Å². The lowest BCUT2D eigenvalue weighted by Gasteiger charge is -2.18. The number of amidine groups is 1. The van der Waals surface area contributed by atoms with Crippen LogP contribution in [-0.2, 0) is 17.9 Å². The number of aliphatic imine (C=N–C) groups is 1. The molecule has 1 fully saturated rings. The van der Waals surface area contributed by atoms with Crippen molar-refractivity contribution in [2.24, 2.45) is 22.6 Å². The van der Waals surface area contributed by atoms with Gasteiger partial charge >= 0.3 is 0 Å². The third-order valence-electron chi connectivity index (χ3n) is 8.32. The molecule has 1 unspecified atom stereocenters. The van der Waals surface area contributed by atoms with E-state index >= 15 is 0 Å². The van der Waals surface area contributed by atoms with E-state index in [0.29, 0.717) is 42.8 Å². The van der Waals surface area contributed by atoms with E-state index in [0.717, 1.165) is 47.5 Å². The van der Waals surface area contributed by atoms with Gasteiger partial charge in [-0.2, -0.15) is 0 Å². The molecule has 1 saturated heterocycles. The fourth-order valence-corrected chi connectivity index (χ4v) is 5.89. The van der Waals surface area contributed by atoms with Crippen molar-refractivity contribution in [1.29, 1.82) is 0 Å². The number of rotatable bonds is 4. The maximum Gasteiger partial charge on any atom is 0.253 e. The van der Waals surface area contributed by atoms with Crippen LogP contribution in [0.25, 0.3) is 17.2 Å². The van der Waals surface area contributed by atoms with Crippen molar-refractivity contribution in [3.05, 3.63) is 94.6 Å². The molecule has 3 aromatic carbocycles. The number of hydrogen-bond donors (Lipinski definition) is 1. The normalized spacial score (nSPS) is 18.4. The highest BCUT2D eigenvalue weighted by atomic mass is 16.2. The summed E-state index contributed by atoms with van der Waals surface area (Å²) in [6, 6.07) is 22.0. The molecule has 3 aliphatic rings. The first-order valence-corrected chi connectivity index (χ1v) is 13.8. The molecule has 6 heteroatoms. The van der Waals surface area contributed by atoms with Gasteiger partial charge in [-0.05, 0) is 64.8 Å². The molecule has 6 rings (SSSR count). The predicted molar refractivity (Wildman–Crippen MR) is 155 cm³/mol. The second-order valence-corrected chi connectivity index (χ2v) is 11.3. The van der Waals surface area contributed by atoms with E-state index in [9.17, 15) is 9.59 Å². The van der Waals surface area contributed by atoms with Crippen LogP contribution in [0.5, 0.6) is 0 Å². The Balaban J connectivity index is 1.20. The van der Waals surface area contributed by atoms with E-state index in [1.54, 1.807) is 0 Å². The molecule has 0 aliphatic carbocycles. The molecule has 3 heterocycles. The summed E-state index contributed by atoms with van der Waals surface area (Å²) >= 11 is 0. The van der Waals surface area contributed by atoms with Crippen molar-refractivity contribution < 1.29 is 9.59 Å². The number of carbonyl (C=O) groups excluding carboxylic acids is 2. The first-order chi connectivity index (χ1) is 18.9. The van der Waals surface area contributed by atoms with Gasteiger partial charge in [0.15, 0.2) is 0 Å². The minimum atomic E-state index is -0.000695. The van der Waals surface area contributed by atoms with Gasteiger partial charge in [-0.25, -0.2) is 4.99 Å². The topological polar surface area (TPSA) is 79.0 Å². The van der Waals surface area contributed by atoms with Crippen LogP contribution < -0.4 is 5.73 Å². The first-order valence-electron chi connectivity index (χ1n) is 13.8.